The van der Waals surface area contributed by atoms with Gasteiger partial charge in [-0.15, -0.1) is 0 Å². The first-order valence-corrected chi connectivity index (χ1v) is 7.55. The maximum absolute atomic E-state index is 12.4. The van der Waals surface area contributed by atoms with Crippen LogP contribution in [0.5, 0.6) is 0 Å². The van der Waals surface area contributed by atoms with Crippen molar-refractivity contribution in [1.82, 2.24) is 19.6 Å². The lowest BCUT2D eigenvalue weighted by Gasteiger charge is -2.39. The molecule has 1 aromatic rings. The fraction of sp³-hybridized carbons (Fsp3) is 0.667. The maximum Gasteiger partial charge on any atom is 0.229 e. The number of amides is 2. The Labute approximate surface area is 124 Å². The van der Waals surface area contributed by atoms with E-state index in [-0.39, 0.29) is 17.7 Å². The van der Waals surface area contributed by atoms with E-state index in [0.717, 1.165) is 25.9 Å². The molecule has 0 saturated carbocycles. The molecule has 0 N–H and O–H groups in total. The monoisotopic (exact) mass is 290 g/mol. The SMILES string of the molecule is CC(=O)N1CC(C(=O)N2CCC(Cc3ccnn3C)C2)C1. The van der Waals surface area contributed by atoms with Crippen LogP contribution in [0.1, 0.15) is 19.0 Å². The van der Waals surface area contributed by atoms with E-state index in [1.54, 1.807) is 11.8 Å². The zero-order valence-electron chi connectivity index (χ0n) is 12.7. The molecule has 1 unspecified atom stereocenters. The summed E-state index contributed by atoms with van der Waals surface area (Å²) >= 11 is 0. The smallest absolute Gasteiger partial charge is 0.229 e. The number of aromatic nitrogens is 2. The van der Waals surface area contributed by atoms with Gasteiger partial charge in [0.2, 0.25) is 11.8 Å². The first-order valence-electron chi connectivity index (χ1n) is 7.55. The molecule has 6 nitrogen and oxygen atoms in total. The van der Waals surface area contributed by atoms with Crippen LogP contribution in [0, 0.1) is 11.8 Å². The fourth-order valence-corrected chi connectivity index (χ4v) is 3.25. The highest BCUT2D eigenvalue weighted by Crippen LogP contribution is 2.25. The van der Waals surface area contributed by atoms with Crippen LogP contribution < -0.4 is 0 Å². The topological polar surface area (TPSA) is 58.4 Å². The molecular weight excluding hydrogens is 268 g/mol. The number of rotatable bonds is 3. The van der Waals surface area contributed by atoms with Crippen LogP contribution in [-0.2, 0) is 23.1 Å². The quantitative estimate of drug-likeness (QED) is 0.804. The van der Waals surface area contributed by atoms with E-state index in [0.29, 0.717) is 19.0 Å². The van der Waals surface area contributed by atoms with E-state index in [2.05, 4.69) is 5.10 Å². The molecule has 6 heteroatoms. The minimum Gasteiger partial charge on any atom is -0.342 e. The summed E-state index contributed by atoms with van der Waals surface area (Å²) in [6.07, 6.45) is 3.85. The Balaban J connectivity index is 1.50. The number of hydrogen-bond donors (Lipinski definition) is 0. The summed E-state index contributed by atoms with van der Waals surface area (Å²) in [7, 11) is 1.96. The van der Waals surface area contributed by atoms with Crippen LogP contribution in [0.25, 0.3) is 0 Å². The molecule has 0 spiro atoms. The lowest BCUT2D eigenvalue weighted by atomic mass is 9.98. The highest BCUT2D eigenvalue weighted by atomic mass is 16.2. The van der Waals surface area contributed by atoms with E-state index in [1.807, 2.05) is 28.9 Å². The van der Waals surface area contributed by atoms with Gasteiger partial charge in [-0.1, -0.05) is 0 Å². The van der Waals surface area contributed by atoms with E-state index in [4.69, 9.17) is 0 Å². The molecule has 2 amide bonds. The summed E-state index contributed by atoms with van der Waals surface area (Å²) in [6.45, 7) is 4.42. The Kier molecular flexibility index (Phi) is 3.69. The average molecular weight is 290 g/mol. The van der Waals surface area contributed by atoms with Crippen LogP contribution in [0.4, 0.5) is 0 Å². The first kappa shape index (κ1) is 14.1. The van der Waals surface area contributed by atoms with Gasteiger partial charge in [0.25, 0.3) is 0 Å². The highest BCUT2D eigenvalue weighted by molar-refractivity contribution is 5.83. The maximum atomic E-state index is 12.4. The molecule has 1 aromatic heterocycles. The molecule has 2 aliphatic heterocycles. The van der Waals surface area contributed by atoms with Gasteiger partial charge in [-0.2, -0.15) is 5.10 Å². The van der Waals surface area contributed by atoms with Crippen LogP contribution in [-0.4, -0.2) is 57.6 Å². The van der Waals surface area contributed by atoms with Gasteiger partial charge >= 0.3 is 0 Å². The second kappa shape index (κ2) is 5.50. The lowest BCUT2D eigenvalue weighted by molar-refractivity contribution is -0.146. The van der Waals surface area contributed by atoms with Crippen molar-refractivity contribution in [3.63, 3.8) is 0 Å². The Morgan fingerprint density at radius 1 is 1.29 bits per heavy atom. The van der Waals surface area contributed by atoms with Gasteiger partial charge in [-0.05, 0) is 24.8 Å². The lowest BCUT2D eigenvalue weighted by Crippen LogP contribution is -2.55. The summed E-state index contributed by atoms with van der Waals surface area (Å²) in [6, 6.07) is 2.04. The molecular formula is C15H22N4O2. The predicted molar refractivity (Wildman–Crippen MR) is 77.3 cm³/mol. The van der Waals surface area contributed by atoms with Crippen molar-refractivity contribution in [2.24, 2.45) is 18.9 Å². The summed E-state index contributed by atoms with van der Waals surface area (Å²) in [5, 5.41) is 4.19. The van der Waals surface area contributed by atoms with Crippen LogP contribution in [0.3, 0.4) is 0 Å². The van der Waals surface area contributed by atoms with Gasteiger partial charge in [0.15, 0.2) is 0 Å². The predicted octanol–water partition coefficient (Wildman–Crippen LogP) is 0.289. The van der Waals surface area contributed by atoms with Crippen molar-refractivity contribution in [2.45, 2.75) is 19.8 Å². The molecule has 114 valence electrons. The molecule has 0 bridgehead atoms. The van der Waals surface area contributed by atoms with E-state index < -0.39 is 0 Å². The third kappa shape index (κ3) is 2.80. The first-order chi connectivity index (χ1) is 10.0. The second-order valence-electron chi connectivity index (χ2n) is 6.21. The number of carbonyl (C=O) groups is 2. The molecule has 3 heterocycles. The number of nitrogens with zero attached hydrogens (tertiary/aromatic N) is 4. The van der Waals surface area contributed by atoms with Crippen LogP contribution in [0.2, 0.25) is 0 Å². The number of likely N-dealkylation sites (tertiary alicyclic amines) is 2. The van der Waals surface area contributed by atoms with Crippen LogP contribution in [0.15, 0.2) is 12.3 Å². The third-order valence-corrected chi connectivity index (χ3v) is 4.69. The Hall–Kier alpha value is -1.85. The van der Waals surface area contributed by atoms with Gasteiger partial charge in [-0.3, -0.25) is 14.3 Å². The van der Waals surface area contributed by atoms with Gasteiger partial charge in [0, 0.05) is 52.0 Å². The third-order valence-electron chi connectivity index (χ3n) is 4.69. The largest absolute Gasteiger partial charge is 0.342 e. The van der Waals surface area contributed by atoms with E-state index >= 15 is 0 Å². The molecule has 2 saturated heterocycles. The molecule has 21 heavy (non-hydrogen) atoms. The fourth-order valence-electron chi connectivity index (χ4n) is 3.25. The standard InChI is InChI=1S/C15H22N4O2/c1-11(20)19-9-13(10-19)15(21)18-6-4-12(8-18)7-14-3-5-16-17(14)2/h3,5,12-13H,4,6-10H2,1-2H3. The molecule has 1 atom stereocenters. The summed E-state index contributed by atoms with van der Waals surface area (Å²) in [5.74, 6) is 0.826. The van der Waals surface area contributed by atoms with E-state index in [9.17, 15) is 9.59 Å². The van der Waals surface area contributed by atoms with Gasteiger partial charge in [0.1, 0.15) is 0 Å². The number of hydrogen-bond acceptors (Lipinski definition) is 3. The Morgan fingerprint density at radius 3 is 2.67 bits per heavy atom. The second-order valence-corrected chi connectivity index (χ2v) is 6.21. The van der Waals surface area contributed by atoms with Crippen molar-refractivity contribution in [1.29, 1.82) is 0 Å². The molecule has 2 aliphatic rings. The van der Waals surface area contributed by atoms with Gasteiger partial charge in [-0.25, -0.2) is 0 Å². The normalized spacial score (nSPS) is 22.5. The minimum atomic E-state index is 0.0179. The average Bonchev–Trinajstić information content (AvgIpc) is 2.98. The highest BCUT2D eigenvalue weighted by Gasteiger charge is 2.38. The van der Waals surface area contributed by atoms with Crippen molar-refractivity contribution in [2.75, 3.05) is 26.2 Å². The Morgan fingerprint density at radius 2 is 2.05 bits per heavy atom. The number of aryl methyl sites for hydroxylation is 1. The van der Waals surface area contributed by atoms with Gasteiger partial charge < -0.3 is 9.80 Å². The van der Waals surface area contributed by atoms with Gasteiger partial charge in [0.05, 0.1) is 5.92 Å². The molecule has 0 aliphatic carbocycles. The summed E-state index contributed by atoms with van der Waals surface area (Å²) in [4.78, 5) is 27.3. The van der Waals surface area contributed by atoms with E-state index in [1.165, 1.54) is 5.69 Å². The summed E-state index contributed by atoms with van der Waals surface area (Å²) < 4.78 is 1.90. The van der Waals surface area contributed by atoms with Crippen molar-refractivity contribution < 1.29 is 9.59 Å². The Bertz CT molecular complexity index is 548. The van der Waals surface area contributed by atoms with Crippen LogP contribution >= 0.6 is 0 Å². The molecule has 0 aromatic carbocycles. The number of carbonyl (C=O) groups excluding carboxylic acids is 2. The minimum absolute atomic E-state index is 0.0179. The van der Waals surface area contributed by atoms with Crippen molar-refractivity contribution in [3.05, 3.63) is 18.0 Å². The zero-order valence-corrected chi connectivity index (χ0v) is 12.7. The summed E-state index contributed by atoms with van der Waals surface area (Å²) in [5.41, 5.74) is 1.22. The molecule has 0 radical (unpaired) electrons. The molecule has 3 rings (SSSR count). The molecule has 2 fully saturated rings. The van der Waals surface area contributed by atoms with Crippen molar-refractivity contribution >= 4 is 11.8 Å². The zero-order chi connectivity index (χ0) is 15.0. The van der Waals surface area contributed by atoms with Crippen molar-refractivity contribution in [3.8, 4) is 0 Å².